The molecule has 2 amide bonds. The molecule has 8 nitrogen and oxygen atoms in total. The number of rotatable bonds is 4. The number of sulfonamides is 1. The molecule has 1 atom stereocenters. The maximum atomic E-state index is 13.0. The number of nitrogens with zero attached hydrogens (tertiary/aromatic N) is 4. The van der Waals surface area contributed by atoms with E-state index in [1.165, 1.54) is 23.4 Å². The van der Waals surface area contributed by atoms with Gasteiger partial charge in [0.25, 0.3) is 0 Å². The summed E-state index contributed by atoms with van der Waals surface area (Å²) in [7, 11) is -3.38. The van der Waals surface area contributed by atoms with Crippen LogP contribution in [-0.2, 0) is 19.6 Å². The zero-order valence-electron chi connectivity index (χ0n) is 17.0. The number of carbonyl (C=O) groups excluding carboxylic acids is 2. The molecule has 3 saturated heterocycles. The lowest BCUT2D eigenvalue weighted by molar-refractivity contribution is -0.138. The molecule has 0 aromatic rings. The zero-order valence-corrected chi connectivity index (χ0v) is 17.8. The fraction of sp³-hybridized carbons (Fsp3) is 0.895. The second-order valence-electron chi connectivity index (χ2n) is 8.28. The van der Waals surface area contributed by atoms with Crippen LogP contribution in [-0.4, -0.2) is 104 Å². The first kappa shape index (κ1) is 21.5. The lowest BCUT2D eigenvalue weighted by Crippen LogP contribution is -2.57. The molecule has 9 heteroatoms. The average molecular weight is 415 g/mol. The summed E-state index contributed by atoms with van der Waals surface area (Å²) in [4.78, 5) is 31.4. The summed E-state index contributed by atoms with van der Waals surface area (Å²) >= 11 is 0. The standard InChI is InChI=1S/C19H34N4O4S/c1-28(26,27)23-11-7-4-8-17(23)19(25)22-14-12-20(13-15-22)16-18(24)21-9-5-2-3-6-10-21/h17H,2-16H2,1H3. The average Bonchev–Trinajstić information content (AvgIpc) is 2.97. The number of amides is 2. The molecular formula is C19H34N4O4S. The zero-order chi connectivity index (χ0) is 20.1. The second-order valence-corrected chi connectivity index (χ2v) is 10.2. The van der Waals surface area contributed by atoms with Crippen molar-refractivity contribution in [3.8, 4) is 0 Å². The molecule has 0 bridgehead atoms. The highest BCUT2D eigenvalue weighted by atomic mass is 32.2. The third kappa shape index (κ3) is 5.45. The minimum Gasteiger partial charge on any atom is -0.342 e. The van der Waals surface area contributed by atoms with E-state index < -0.39 is 16.1 Å². The number of carbonyl (C=O) groups is 2. The van der Waals surface area contributed by atoms with Crippen LogP contribution < -0.4 is 0 Å². The van der Waals surface area contributed by atoms with Crippen molar-refractivity contribution in [1.82, 2.24) is 19.0 Å². The fourth-order valence-electron chi connectivity index (χ4n) is 4.50. The minimum atomic E-state index is -3.38. The maximum absolute atomic E-state index is 13.0. The lowest BCUT2D eigenvalue weighted by Gasteiger charge is -2.40. The Morgan fingerprint density at radius 1 is 0.786 bits per heavy atom. The van der Waals surface area contributed by atoms with Gasteiger partial charge in [0.15, 0.2) is 0 Å². The van der Waals surface area contributed by atoms with Crippen molar-refractivity contribution >= 4 is 21.8 Å². The molecule has 0 radical (unpaired) electrons. The van der Waals surface area contributed by atoms with Crippen LogP contribution in [0.1, 0.15) is 44.9 Å². The van der Waals surface area contributed by atoms with Crippen molar-refractivity contribution in [3.05, 3.63) is 0 Å². The first-order valence-corrected chi connectivity index (χ1v) is 12.5. The number of piperazine rings is 1. The van der Waals surface area contributed by atoms with Gasteiger partial charge in [0.05, 0.1) is 12.8 Å². The van der Waals surface area contributed by atoms with Gasteiger partial charge < -0.3 is 9.80 Å². The molecule has 0 aliphatic carbocycles. The van der Waals surface area contributed by atoms with Crippen LogP contribution in [0.15, 0.2) is 0 Å². The van der Waals surface area contributed by atoms with Crippen LogP contribution in [0.3, 0.4) is 0 Å². The van der Waals surface area contributed by atoms with Crippen LogP contribution in [0.25, 0.3) is 0 Å². The van der Waals surface area contributed by atoms with E-state index >= 15 is 0 Å². The van der Waals surface area contributed by atoms with Crippen LogP contribution in [0.2, 0.25) is 0 Å². The summed E-state index contributed by atoms with van der Waals surface area (Å²) in [6.07, 6.45) is 8.06. The lowest BCUT2D eigenvalue weighted by atomic mass is 10.0. The Kier molecular flexibility index (Phi) is 7.33. The molecule has 0 saturated carbocycles. The Morgan fingerprint density at radius 3 is 2.00 bits per heavy atom. The fourth-order valence-corrected chi connectivity index (χ4v) is 5.62. The molecule has 1 unspecified atom stereocenters. The number of piperidine rings is 1. The molecule has 3 aliphatic heterocycles. The molecule has 0 N–H and O–H groups in total. The monoisotopic (exact) mass is 414 g/mol. The number of hydrogen-bond donors (Lipinski definition) is 0. The first-order valence-electron chi connectivity index (χ1n) is 10.6. The summed E-state index contributed by atoms with van der Waals surface area (Å²) < 4.78 is 25.4. The highest BCUT2D eigenvalue weighted by molar-refractivity contribution is 7.88. The van der Waals surface area contributed by atoms with Gasteiger partial charge in [-0.2, -0.15) is 4.31 Å². The molecule has 3 heterocycles. The maximum Gasteiger partial charge on any atom is 0.241 e. The molecule has 160 valence electrons. The van der Waals surface area contributed by atoms with E-state index in [1.54, 1.807) is 4.90 Å². The third-order valence-corrected chi connectivity index (χ3v) is 7.46. The van der Waals surface area contributed by atoms with E-state index in [2.05, 4.69) is 4.90 Å². The second kappa shape index (κ2) is 9.54. The van der Waals surface area contributed by atoms with Gasteiger partial charge in [-0.25, -0.2) is 8.42 Å². The SMILES string of the molecule is CS(=O)(=O)N1CCCCC1C(=O)N1CCN(CC(=O)N2CCCCCC2)CC1. The minimum absolute atomic E-state index is 0.0800. The molecule has 0 aromatic heterocycles. The van der Waals surface area contributed by atoms with E-state index in [4.69, 9.17) is 0 Å². The van der Waals surface area contributed by atoms with Crippen molar-refractivity contribution < 1.29 is 18.0 Å². The van der Waals surface area contributed by atoms with Crippen LogP contribution in [0.5, 0.6) is 0 Å². The van der Waals surface area contributed by atoms with Gasteiger partial charge >= 0.3 is 0 Å². The van der Waals surface area contributed by atoms with Crippen molar-refractivity contribution in [2.24, 2.45) is 0 Å². The Hall–Kier alpha value is -1.19. The molecule has 0 aromatic carbocycles. The van der Waals surface area contributed by atoms with Gasteiger partial charge in [-0.15, -0.1) is 0 Å². The van der Waals surface area contributed by atoms with Gasteiger partial charge in [-0.05, 0) is 25.7 Å². The largest absolute Gasteiger partial charge is 0.342 e. The van der Waals surface area contributed by atoms with Gasteiger partial charge in [0.1, 0.15) is 6.04 Å². The van der Waals surface area contributed by atoms with E-state index in [0.29, 0.717) is 45.7 Å². The first-order chi connectivity index (χ1) is 13.4. The molecule has 0 spiro atoms. The normalized spacial score (nSPS) is 26.1. The third-order valence-electron chi connectivity index (χ3n) is 6.17. The number of likely N-dealkylation sites (tertiary alicyclic amines) is 1. The highest BCUT2D eigenvalue weighted by Crippen LogP contribution is 2.22. The van der Waals surface area contributed by atoms with Crippen molar-refractivity contribution in [1.29, 1.82) is 0 Å². The van der Waals surface area contributed by atoms with Gasteiger partial charge in [-0.1, -0.05) is 19.3 Å². The number of hydrogen-bond acceptors (Lipinski definition) is 5. The summed E-state index contributed by atoms with van der Waals surface area (Å²) in [6, 6.07) is -0.561. The van der Waals surface area contributed by atoms with Crippen LogP contribution in [0.4, 0.5) is 0 Å². The van der Waals surface area contributed by atoms with E-state index in [1.807, 2.05) is 4.90 Å². The topological polar surface area (TPSA) is 81.2 Å². The van der Waals surface area contributed by atoms with E-state index in [-0.39, 0.29) is 11.8 Å². The van der Waals surface area contributed by atoms with Crippen molar-refractivity contribution in [2.75, 3.05) is 58.6 Å². The van der Waals surface area contributed by atoms with Crippen molar-refractivity contribution in [3.63, 3.8) is 0 Å². The van der Waals surface area contributed by atoms with Crippen LogP contribution >= 0.6 is 0 Å². The summed E-state index contributed by atoms with van der Waals surface area (Å²) in [5.74, 6) is 0.112. The molecule has 3 rings (SSSR count). The van der Waals surface area contributed by atoms with Gasteiger partial charge in [-0.3, -0.25) is 14.5 Å². The van der Waals surface area contributed by atoms with Crippen molar-refractivity contribution in [2.45, 2.75) is 51.0 Å². The quantitative estimate of drug-likeness (QED) is 0.663. The van der Waals surface area contributed by atoms with Gasteiger partial charge in [0, 0.05) is 45.8 Å². The highest BCUT2D eigenvalue weighted by Gasteiger charge is 2.37. The molecule has 3 fully saturated rings. The van der Waals surface area contributed by atoms with Gasteiger partial charge in [0.2, 0.25) is 21.8 Å². The molecule has 28 heavy (non-hydrogen) atoms. The Bertz CT molecular complexity index is 653. The predicted molar refractivity (Wildman–Crippen MR) is 107 cm³/mol. The van der Waals surface area contributed by atoms with Crippen LogP contribution in [0, 0.1) is 0 Å². The predicted octanol–water partition coefficient (Wildman–Crippen LogP) is 0.347. The Labute approximate surface area is 168 Å². The smallest absolute Gasteiger partial charge is 0.241 e. The van der Waals surface area contributed by atoms with E-state index in [0.717, 1.165) is 38.8 Å². The molecule has 3 aliphatic rings. The molecular weight excluding hydrogens is 380 g/mol. The Morgan fingerprint density at radius 2 is 1.39 bits per heavy atom. The summed E-state index contributed by atoms with van der Waals surface area (Å²) in [5.41, 5.74) is 0. The Balaban J connectivity index is 1.50. The summed E-state index contributed by atoms with van der Waals surface area (Å²) in [5, 5.41) is 0. The van der Waals surface area contributed by atoms with E-state index in [9.17, 15) is 18.0 Å². The summed E-state index contributed by atoms with van der Waals surface area (Å²) in [6.45, 7) is 5.01.